The molecule has 0 aliphatic heterocycles. The van der Waals surface area contributed by atoms with Crippen molar-refractivity contribution >= 4 is 22.0 Å². The third-order valence-corrected chi connectivity index (χ3v) is 3.37. The lowest BCUT2D eigenvalue weighted by Gasteiger charge is -2.14. The summed E-state index contributed by atoms with van der Waals surface area (Å²) < 4.78 is 1.13. The van der Waals surface area contributed by atoms with Gasteiger partial charge in [-0.2, -0.15) is 0 Å². The second-order valence-electron chi connectivity index (χ2n) is 5.45. The van der Waals surface area contributed by atoms with E-state index >= 15 is 0 Å². The van der Waals surface area contributed by atoms with Crippen molar-refractivity contribution in [3.8, 4) is 0 Å². The van der Waals surface area contributed by atoms with Gasteiger partial charge in [0.2, 0.25) is 0 Å². The lowest BCUT2D eigenvalue weighted by Crippen LogP contribution is -2.23. The molecule has 0 heterocycles. The molecule has 1 aromatic rings. The number of rotatable bonds is 6. The molecule has 1 nitrogen and oxygen atoms in total. The molecule has 18 heavy (non-hydrogen) atoms. The first-order valence-corrected chi connectivity index (χ1v) is 7.45. The third kappa shape index (κ3) is 5.83. The first-order valence-electron chi connectivity index (χ1n) is 6.65. The molecule has 0 aliphatic rings. The molecule has 0 bridgehead atoms. The van der Waals surface area contributed by atoms with Crippen molar-refractivity contribution in [1.82, 2.24) is 5.32 Å². The highest BCUT2D eigenvalue weighted by Crippen LogP contribution is 2.16. The summed E-state index contributed by atoms with van der Waals surface area (Å²) in [7, 11) is 0. The molecular weight excluding hydrogens is 286 g/mol. The van der Waals surface area contributed by atoms with Gasteiger partial charge in [-0.15, -0.1) is 0 Å². The monoisotopic (exact) mass is 309 g/mol. The van der Waals surface area contributed by atoms with Crippen LogP contribution in [0.4, 0.5) is 0 Å². The van der Waals surface area contributed by atoms with Crippen molar-refractivity contribution in [2.24, 2.45) is 11.8 Å². The summed E-state index contributed by atoms with van der Waals surface area (Å²) in [5.41, 5.74) is 2.73. The maximum Gasteiger partial charge on any atom is 0.0175 e. The number of halogens is 1. The number of hydrogen-bond acceptors (Lipinski definition) is 1. The Balaban J connectivity index is 2.68. The zero-order chi connectivity index (χ0) is 13.5. The first-order chi connectivity index (χ1) is 8.49. The van der Waals surface area contributed by atoms with Gasteiger partial charge >= 0.3 is 0 Å². The van der Waals surface area contributed by atoms with Crippen molar-refractivity contribution in [2.75, 3.05) is 13.1 Å². The van der Waals surface area contributed by atoms with Crippen molar-refractivity contribution < 1.29 is 0 Å². The second kappa shape index (κ2) is 7.75. The molecule has 0 spiro atoms. The molecular formula is C16H24BrN. The molecule has 0 atom stereocenters. The predicted molar refractivity (Wildman–Crippen MR) is 84.7 cm³/mol. The highest BCUT2D eigenvalue weighted by Gasteiger charge is 2.04. The molecule has 100 valence electrons. The van der Waals surface area contributed by atoms with Crippen molar-refractivity contribution in [2.45, 2.75) is 27.7 Å². The number of benzene rings is 1. The fraction of sp³-hybridized carbons (Fsp3) is 0.500. The Morgan fingerprint density at radius 2 is 1.78 bits per heavy atom. The minimum Gasteiger partial charge on any atom is -0.313 e. The van der Waals surface area contributed by atoms with E-state index in [1.54, 1.807) is 0 Å². The summed E-state index contributed by atoms with van der Waals surface area (Å²) in [6.45, 7) is 11.0. The molecule has 0 aliphatic carbocycles. The molecule has 2 heteroatoms. The van der Waals surface area contributed by atoms with Gasteiger partial charge < -0.3 is 5.32 Å². The van der Waals surface area contributed by atoms with Gasteiger partial charge in [0.05, 0.1) is 0 Å². The van der Waals surface area contributed by atoms with E-state index in [2.05, 4.69) is 79.3 Å². The summed E-state index contributed by atoms with van der Waals surface area (Å²) in [4.78, 5) is 0. The lowest BCUT2D eigenvalue weighted by atomic mass is 10.00. The number of hydrogen-bond donors (Lipinski definition) is 1. The van der Waals surface area contributed by atoms with Crippen LogP contribution in [0.3, 0.4) is 0 Å². The summed E-state index contributed by atoms with van der Waals surface area (Å²) in [5.74, 6) is 1.28. The minimum absolute atomic E-state index is 0.577. The number of nitrogens with one attached hydrogen (secondary N) is 1. The Kier molecular flexibility index (Phi) is 6.66. The van der Waals surface area contributed by atoms with E-state index in [4.69, 9.17) is 0 Å². The summed E-state index contributed by atoms with van der Waals surface area (Å²) in [6.07, 6.45) is 2.30. The molecule has 0 saturated carbocycles. The lowest BCUT2D eigenvalue weighted by molar-refractivity contribution is 0.558. The van der Waals surface area contributed by atoms with Crippen LogP contribution in [0.2, 0.25) is 0 Å². The van der Waals surface area contributed by atoms with E-state index in [1.165, 1.54) is 11.1 Å². The fourth-order valence-corrected chi connectivity index (χ4v) is 1.96. The van der Waals surface area contributed by atoms with E-state index in [9.17, 15) is 0 Å². The van der Waals surface area contributed by atoms with Crippen LogP contribution in [0, 0.1) is 11.8 Å². The van der Waals surface area contributed by atoms with Crippen molar-refractivity contribution in [1.29, 1.82) is 0 Å². The van der Waals surface area contributed by atoms with Crippen LogP contribution in [0.25, 0.3) is 6.08 Å². The standard InChI is InChI=1S/C16H24BrN/c1-12(2)10-18-11-15(13(3)4)9-14-5-7-16(17)8-6-14/h5-9,12-13,18H,10-11H2,1-4H3. The zero-order valence-corrected chi connectivity index (χ0v) is 13.4. The van der Waals surface area contributed by atoms with Crippen LogP contribution in [-0.4, -0.2) is 13.1 Å². The van der Waals surface area contributed by atoms with E-state index in [0.29, 0.717) is 11.8 Å². The van der Waals surface area contributed by atoms with E-state index < -0.39 is 0 Å². The van der Waals surface area contributed by atoms with Gasteiger partial charge in [0.1, 0.15) is 0 Å². The molecule has 0 unspecified atom stereocenters. The van der Waals surface area contributed by atoms with E-state index in [1.807, 2.05) is 0 Å². The fourth-order valence-electron chi connectivity index (χ4n) is 1.70. The SMILES string of the molecule is CC(C)CNCC(=Cc1ccc(Br)cc1)C(C)C. The quantitative estimate of drug-likeness (QED) is 0.800. The van der Waals surface area contributed by atoms with Crippen LogP contribution in [0.5, 0.6) is 0 Å². The Morgan fingerprint density at radius 1 is 1.17 bits per heavy atom. The average Bonchev–Trinajstić information content (AvgIpc) is 2.30. The maximum atomic E-state index is 3.52. The normalized spacial score (nSPS) is 12.5. The Bertz CT molecular complexity index is 377. The second-order valence-corrected chi connectivity index (χ2v) is 6.37. The van der Waals surface area contributed by atoms with Gasteiger partial charge in [0.25, 0.3) is 0 Å². The molecule has 0 radical (unpaired) electrons. The van der Waals surface area contributed by atoms with Crippen LogP contribution in [-0.2, 0) is 0 Å². The molecule has 1 aromatic carbocycles. The van der Waals surface area contributed by atoms with Crippen LogP contribution in [0.1, 0.15) is 33.3 Å². The Morgan fingerprint density at radius 3 is 2.28 bits per heavy atom. The van der Waals surface area contributed by atoms with Gasteiger partial charge in [-0.3, -0.25) is 0 Å². The van der Waals surface area contributed by atoms with Crippen LogP contribution in [0.15, 0.2) is 34.3 Å². The van der Waals surface area contributed by atoms with E-state index in [-0.39, 0.29) is 0 Å². The van der Waals surface area contributed by atoms with Gasteiger partial charge in [0.15, 0.2) is 0 Å². The summed E-state index contributed by atoms with van der Waals surface area (Å²) in [5, 5.41) is 3.52. The Hall–Kier alpha value is -0.600. The largest absolute Gasteiger partial charge is 0.313 e. The first kappa shape index (κ1) is 15.5. The molecule has 1 N–H and O–H groups in total. The topological polar surface area (TPSA) is 12.0 Å². The van der Waals surface area contributed by atoms with Crippen molar-refractivity contribution in [3.63, 3.8) is 0 Å². The molecule has 1 rings (SSSR count). The van der Waals surface area contributed by atoms with E-state index in [0.717, 1.165) is 17.6 Å². The van der Waals surface area contributed by atoms with Crippen molar-refractivity contribution in [3.05, 3.63) is 39.9 Å². The Labute approximate surface area is 120 Å². The smallest absolute Gasteiger partial charge is 0.0175 e. The highest BCUT2D eigenvalue weighted by atomic mass is 79.9. The van der Waals surface area contributed by atoms with Crippen LogP contribution >= 0.6 is 15.9 Å². The van der Waals surface area contributed by atoms with Crippen LogP contribution < -0.4 is 5.32 Å². The van der Waals surface area contributed by atoms with Gasteiger partial charge in [-0.25, -0.2) is 0 Å². The molecule has 0 saturated heterocycles. The van der Waals surface area contributed by atoms with Gasteiger partial charge in [0, 0.05) is 11.0 Å². The molecule has 0 fully saturated rings. The molecule has 0 amide bonds. The highest BCUT2D eigenvalue weighted by molar-refractivity contribution is 9.10. The van der Waals surface area contributed by atoms with Gasteiger partial charge in [-0.1, -0.05) is 67.4 Å². The maximum absolute atomic E-state index is 3.52. The molecule has 0 aromatic heterocycles. The zero-order valence-electron chi connectivity index (χ0n) is 11.8. The summed E-state index contributed by atoms with van der Waals surface area (Å²) in [6, 6.07) is 8.47. The third-order valence-electron chi connectivity index (χ3n) is 2.85. The average molecular weight is 310 g/mol. The predicted octanol–water partition coefficient (Wildman–Crippen LogP) is 4.73. The van der Waals surface area contributed by atoms with Gasteiger partial charge in [-0.05, 0) is 36.1 Å². The summed E-state index contributed by atoms with van der Waals surface area (Å²) >= 11 is 3.47. The minimum atomic E-state index is 0.577.